The van der Waals surface area contributed by atoms with E-state index in [1.165, 1.54) is 24.3 Å². The van der Waals surface area contributed by atoms with Crippen LogP contribution in [0.5, 0.6) is 11.5 Å². The first-order valence-electron chi connectivity index (χ1n) is 12.4. The minimum Gasteiger partial charge on any atom is -0.458 e. The van der Waals surface area contributed by atoms with E-state index in [0.717, 1.165) is 24.3 Å². The number of carbonyl (C=O) groups is 3. The average molecular weight is 628 g/mol. The molecule has 8 nitrogen and oxygen atoms in total. The number of hydrogen-bond acceptors (Lipinski definition) is 8. The standard InChI is InChI=1S/C29H23F7N2O6/c30-27(31,28(32,33)29(34,35)36)14-13-25(40)43-21-10-5-18(6-11-21)26(41)44-22-8-1-17(2-9-22)3-12-24(39)42-16-19-4-7-20(37)15-23(19)38/h1-12,15H,13-14,16,37-38H2. The van der Waals surface area contributed by atoms with Crippen molar-refractivity contribution in [1.29, 1.82) is 0 Å². The molecule has 0 saturated heterocycles. The highest BCUT2D eigenvalue weighted by molar-refractivity contribution is 5.91. The van der Waals surface area contributed by atoms with Crippen LogP contribution in [0.2, 0.25) is 0 Å². The number of ether oxygens (including phenoxy) is 3. The van der Waals surface area contributed by atoms with Gasteiger partial charge in [0.25, 0.3) is 0 Å². The van der Waals surface area contributed by atoms with Gasteiger partial charge in [0.1, 0.15) is 18.1 Å². The van der Waals surface area contributed by atoms with Crippen molar-refractivity contribution < 1.29 is 59.3 Å². The summed E-state index contributed by atoms with van der Waals surface area (Å²) in [6.07, 6.45) is -7.40. The van der Waals surface area contributed by atoms with E-state index in [-0.39, 0.29) is 23.7 Å². The smallest absolute Gasteiger partial charge is 0.458 e. The van der Waals surface area contributed by atoms with Crippen molar-refractivity contribution in [2.75, 3.05) is 11.5 Å². The fraction of sp³-hybridized carbons (Fsp3) is 0.207. The predicted molar refractivity (Wildman–Crippen MR) is 143 cm³/mol. The maximum absolute atomic E-state index is 13.4. The van der Waals surface area contributed by atoms with E-state index in [1.807, 2.05) is 0 Å². The molecule has 15 heteroatoms. The van der Waals surface area contributed by atoms with E-state index in [1.54, 1.807) is 30.3 Å². The first-order valence-corrected chi connectivity index (χ1v) is 12.4. The Balaban J connectivity index is 1.48. The second-order valence-electron chi connectivity index (χ2n) is 9.13. The van der Waals surface area contributed by atoms with E-state index < -0.39 is 48.8 Å². The number of halogens is 7. The summed E-state index contributed by atoms with van der Waals surface area (Å²) < 4.78 is 104. The molecule has 4 N–H and O–H groups in total. The van der Waals surface area contributed by atoms with Crippen molar-refractivity contribution in [1.82, 2.24) is 0 Å². The van der Waals surface area contributed by atoms with Crippen molar-refractivity contribution in [2.45, 2.75) is 37.5 Å². The molecule has 3 aromatic rings. The molecule has 0 aromatic heterocycles. The Morgan fingerprint density at radius 1 is 0.773 bits per heavy atom. The van der Waals surface area contributed by atoms with Crippen LogP contribution in [-0.2, 0) is 20.9 Å². The average Bonchev–Trinajstić information content (AvgIpc) is 2.95. The van der Waals surface area contributed by atoms with Gasteiger partial charge in [-0.25, -0.2) is 9.59 Å². The van der Waals surface area contributed by atoms with Gasteiger partial charge < -0.3 is 25.7 Å². The van der Waals surface area contributed by atoms with Gasteiger partial charge in [0.05, 0.1) is 12.0 Å². The third-order valence-corrected chi connectivity index (χ3v) is 5.82. The minimum atomic E-state index is -6.50. The zero-order valence-corrected chi connectivity index (χ0v) is 22.4. The molecule has 3 aromatic carbocycles. The fourth-order valence-corrected chi connectivity index (χ4v) is 3.38. The highest BCUT2D eigenvalue weighted by Gasteiger charge is 2.72. The predicted octanol–water partition coefficient (Wildman–Crippen LogP) is 6.35. The van der Waals surface area contributed by atoms with Crippen LogP contribution >= 0.6 is 0 Å². The molecule has 44 heavy (non-hydrogen) atoms. The lowest BCUT2D eigenvalue weighted by atomic mass is 10.1. The molecule has 0 aliphatic carbocycles. The van der Waals surface area contributed by atoms with E-state index in [2.05, 4.69) is 4.74 Å². The summed E-state index contributed by atoms with van der Waals surface area (Å²) in [4.78, 5) is 36.1. The molecule has 0 atom stereocenters. The SMILES string of the molecule is Nc1ccc(COC(=O)C=Cc2ccc(OC(=O)c3ccc(OC(=O)CCC(F)(F)C(F)(F)C(F)(F)F)cc3)cc2)c(N)c1. The molecule has 0 heterocycles. The van der Waals surface area contributed by atoms with Gasteiger partial charge >= 0.3 is 35.9 Å². The molecular weight excluding hydrogens is 605 g/mol. The maximum Gasteiger partial charge on any atom is 0.459 e. The van der Waals surface area contributed by atoms with Crippen molar-refractivity contribution in [3.63, 3.8) is 0 Å². The first kappa shape index (κ1) is 33.4. The number of hydrogen-bond donors (Lipinski definition) is 2. The summed E-state index contributed by atoms with van der Waals surface area (Å²) in [6.45, 7) is -0.0562. The molecular formula is C29H23F7N2O6. The topological polar surface area (TPSA) is 131 Å². The van der Waals surface area contributed by atoms with Gasteiger partial charge in [-0.15, -0.1) is 0 Å². The first-order chi connectivity index (χ1) is 20.5. The Bertz CT molecular complexity index is 1520. The summed E-state index contributed by atoms with van der Waals surface area (Å²) in [7, 11) is 0. The lowest BCUT2D eigenvalue weighted by Gasteiger charge is -2.27. The second kappa shape index (κ2) is 13.5. The van der Waals surface area contributed by atoms with E-state index >= 15 is 0 Å². The van der Waals surface area contributed by atoms with Crippen molar-refractivity contribution in [2.24, 2.45) is 0 Å². The normalized spacial score (nSPS) is 12.2. The Kier molecular flexibility index (Phi) is 10.2. The number of alkyl halides is 7. The van der Waals surface area contributed by atoms with Crippen LogP contribution in [0, 0.1) is 0 Å². The van der Waals surface area contributed by atoms with Crippen molar-refractivity contribution in [3.05, 3.63) is 89.5 Å². The zero-order valence-electron chi connectivity index (χ0n) is 22.4. The van der Waals surface area contributed by atoms with Crippen LogP contribution in [0.4, 0.5) is 42.1 Å². The summed E-state index contributed by atoms with van der Waals surface area (Å²) in [6, 6.07) is 15.2. The largest absolute Gasteiger partial charge is 0.459 e. The molecule has 0 amide bonds. The van der Waals surface area contributed by atoms with E-state index in [4.69, 9.17) is 20.9 Å². The number of rotatable bonds is 11. The fourth-order valence-electron chi connectivity index (χ4n) is 3.38. The van der Waals surface area contributed by atoms with Gasteiger partial charge in [0.15, 0.2) is 0 Å². The molecule has 0 radical (unpaired) electrons. The molecule has 234 valence electrons. The Hall–Kier alpha value is -5.08. The van der Waals surface area contributed by atoms with Gasteiger partial charge in [0, 0.05) is 29.4 Å². The van der Waals surface area contributed by atoms with E-state index in [9.17, 15) is 45.1 Å². The molecule has 0 bridgehead atoms. The molecule has 0 aliphatic heterocycles. The second-order valence-corrected chi connectivity index (χ2v) is 9.13. The number of benzene rings is 3. The molecule has 0 saturated carbocycles. The lowest BCUT2D eigenvalue weighted by Crippen LogP contribution is -2.52. The van der Waals surface area contributed by atoms with E-state index in [0.29, 0.717) is 22.5 Å². The molecule has 0 unspecified atom stereocenters. The lowest BCUT2D eigenvalue weighted by molar-refractivity contribution is -0.355. The Labute approximate surface area is 245 Å². The maximum atomic E-state index is 13.4. The van der Waals surface area contributed by atoms with Crippen LogP contribution in [0.15, 0.2) is 72.8 Å². The zero-order chi connectivity index (χ0) is 32.7. The van der Waals surface area contributed by atoms with Gasteiger partial charge in [-0.2, -0.15) is 30.7 Å². The Morgan fingerprint density at radius 3 is 1.95 bits per heavy atom. The molecule has 0 aliphatic rings. The van der Waals surface area contributed by atoms with Gasteiger partial charge in [-0.1, -0.05) is 18.2 Å². The Morgan fingerprint density at radius 2 is 1.36 bits per heavy atom. The van der Waals surface area contributed by atoms with Crippen LogP contribution in [-0.4, -0.2) is 35.9 Å². The molecule has 3 rings (SSSR count). The van der Waals surface area contributed by atoms with Crippen LogP contribution < -0.4 is 20.9 Å². The van der Waals surface area contributed by atoms with Gasteiger partial charge in [-0.05, 0) is 60.2 Å². The van der Waals surface area contributed by atoms with Crippen molar-refractivity contribution in [3.8, 4) is 11.5 Å². The van der Waals surface area contributed by atoms with Gasteiger partial charge in [-0.3, -0.25) is 4.79 Å². The summed E-state index contributed by atoms with van der Waals surface area (Å²) in [5.74, 6) is -15.0. The number of anilines is 2. The summed E-state index contributed by atoms with van der Waals surface area (Å²) in [5, 5.41) is 0. The van der Waals surface area contributed by atoms with Crippen molar-refractivity contribution >= 4 is 35.4 Å². The monoisotopic (exact) mass is 628 g/mol. The molecule has 0 fully saturated rings. The number of nitrogen functional groups attached to an aromatic ring is 2. The minimum absolute atomic E-state index is 0.0328. The summed E-state index contributed by atoms with van der Waals surface area (Å²) >= 11 is 0. The molecule has 0 spiro atoms. The highest BCUT2D eigenvalue weighted by atomic mass is 19.4. The number of nitrogens with two attached hydrogens (primary N) is 2. The number of esters is 3. The van der Waals surface area contributed by atoms with Crippen LogP contribution in [0.25, 0.3) is 6.08 Å². The van der Waals surface area contributed by atoms with Crippen LogP contribution in [0.3, 0.4) is 0 Å². The quantitative estimate of drug-likeness (QED) is 0.0827. The third kappa shape index (κ3) is 8.72. The highest BCUT2D eigenvalue weighted by Crippen LogP contribution is 2.48. The number of carbonyl (C=O) groups excluding carboxylic acids is 3. The third-order valence-electron chi connectivity index (χ3n) is 5.82. The van der Waals surface area contributed by atoms with Crippen LogP contribution in [0.1, 0.15) is 34.3 Å². The summed E-state index contributed by atoms with van der Waals surface area (Å²) in [5.41, 5.74) is 13.4. The van der Waals surface area contributed by atoms with Gasteiger partial charge in [0.2, 0.25) is 0 Å².